The molecule has 0 heterocycles. The summed E-state index contributed by atoms with van der Waals surface area (Å²) in [5.41, 5.74) is 5.16. The van der Waals surface area contributed by atoms with Crippen LogP contribution in [0.2, 0.25) is 0 Å². The third-order valence-electron chi connectivity index (χ3n) is 1.12. The number of hydrogen-bond acceptors (Lipinski definition) is 3. The van der Waals surface area contributed by atoms with Gasteiger partial charge < -0.3 is 10.5 Å². The van der Waals surface area contributed by atoms with Gasteiger partial charge in [-0.25, -0.2) is 4.39 Å². The Hall–Kier alpha value is -0.640. The van der Waals surface area contributed by atoms with Crippen LogP contribution in [-0.2, 0) is 9.53 Å². The van der Waals surface area contributed by atoms with Crippen LogP contribution in [0, 0.1) is 0 Å². The summed E-state index contributed by atoms with van der Waals surface area (Å²) in [5, 5.41) is 0. The number of alkyl halides is 1. The second kappa shape index (κ2) is 4.28. The van der Waals surface area contributed by atoms with Crippen LogP contribution in [0.4, 0.5) is 4.39 Å². The van der Waals surface area contributed by atoms with Gasteiger partial charge >= 0.3 is 5.97 Å². The van der Waals surface area contributed by atoms with Crippen molar-refractivity contribution in [2.75, 3.05) is 0 Å². The van der Waals surface area contributed by atoms with Crippen molar-refractivity contribution in [3.05, 3.63) is 0 Å². The van der Waals surface area contributed by atoms with Gasteiger partial charge in [-0.05, 0) is 20.8 Å². The van der Waals surface area contributed by atoms with Crippen LogP contribution in [0.1, 0.15) is 20.8 Å². The van der Waals surface area contributed by atoms with E-state index in [1.807, 2.05) is 0 Å². The van der Waals surface area contributed by atoms with Gasteiger partial charge in [-0.2, -0.15) is 0 Å². The lowest BCUT2D eigenvalue weighted by atomic mass is 10.2. The topological polar surface area (TPSA) is 52.3 Å². The minimum Gasteiger partial charge on any atom is -0.462 e. The molecule has 0 aliphatic carbocycles. The highest BCUT2D eigenvalue weighted by Gasteiger charge is 2.22. The Morgan fingerprint density at radius 2 is 1.91 bits per heavy atom. The van der Waals surface area contributed by atoms with Gasteiger partial charge in [0.15, 0.2) is 0 Å². The molecule has 0 saturated heterocycles. The van der Waals surface area contributed by atoms with E-state index in [1.54, 1.807) is 13.8 Å². The smallest absolute Gasteiger partial charge is 0.326 e. The van der Waals surface area contributed by atoms with Crippen molar-refractivity contribution in [3.8, 4) is 0 Å². The molecule has 0 aromatic rings. The molecule has 0 spiro atoms. The number of hydrogen-bond donors (Lipinski definition) is 1. The molecular formula is C7H14FNO2. The molecule has 0 aromatic carbocycles. The lowest BCUT2D eigenvalue weighted by Crippen LogP contribution is -2.40. The van der Waals surface area contributed by atoms with Crippen molar-refractivity contribution >= 4 is 5.97 Å². The van der Waals surface area contributed by atoms with E-state index in [0.29, 0.717) is 0 Å². The van der Waals surface area contributed by atoms with Gasteiger partial charge in [-0.1, -0.05) is 0 Å². The molecule has 0 aliphatic rings. The van der Waals surface area contributed by atoms with Crippen LogP contribution < -0.4 is 5.73 Å². The Balaban J connectivity index is 3.83. The maximum atomic E-state index is 12.4. The molecule has 0 rings (SSSR count). The number of carbonyl (C=O) groups excluding carboxylic acids is 1. The second-order valence-corrected chi connectivity index (χ2v) is 2.69. The third-order valence-corrected chi connectivity index (χ3v) is 1.12. The number of halogens is 1. The van der Waals surface area contributed by atoms with E-state index < -0.39 is 18.2 Å². The summed E-state index contributed by atoms with van der Waals surface area (Å²) in [6.07, 6.45) is -1.60. The van der Waals surface area contributed by atoms with Gasteiger partial charge in [0, 0.05) is 0 Å². The van der Waals surface area contributed by atoms with E-state index in [2.05, 4.69) is 4.74 Å². The molecule has 0 radical (unpaired) electrons. The summed E-state index contributed by atoms with van der Waals surface area (Å²) in [5.74, 6) is -0.685. The van der Waals surface area contributed by atoms with Crippen LogP contribution in [0.25, 0.3) is 0 Å². The fourth-order valence-electron chi connectivity index (χ4n) is 0.498. The quantitative estimate of drug-likeness (QED) is 0.620. The molecule has 2 atom stereocenters. The first-order valence-electron chi connectivity index (χ1n) is 3.55. The predicted octanol–water partition coefficient (Wildman–Crippen LogP) is 0.623. The lowest BCUT2D eigenvalue weighted by Gasteiger charge is -2.14. The average Bonchev–Trinajstić information content (AvgIpc) is 1.84. The molecule has 3 nitrogen and oxygen atoms in total. The highest BCUT2D eigenvalue weighted by atomic mass is 19.1. The van der Waals surface area contributed by atoms with Crippen molar-refractivity contribution in [2.24, 2.45) is 5.73 Å². The van der Waals surface area contributed by atoms with Crippen LogP contribution in [0.3, 0.4) is 0 Å². The Morgan fingerprint density at radius 1 is 1.45 bits per heavy atom. The largest absolute Gasteiger partial charge is 0.462 e. The van der Waals surface area contributed by atoms with E-state index in [0.717, 1.165) is 0 Å². The molecular weight excluding hydrogens is 149 g/mol. The van der Waals surface area contributed by atoms with Crippen LogP contribution in [-0.4, -0.2) is 24.3 Å². The average molecular weight is 163 g/mol. The van der Waals surface area contributed by atoms with E-state index in [4.69, 9.17) is 5.73 Å². The zero-order chi connectivity index (χ0) is 9.02. The molecule has 2 N–H and O–H groups in total. The maximum absolute atomic E-state index is 12.4. The van der Waals surface area contributed by atoms with Crippen molar-refractivity contribution in [3.63, 3.8) is 0 Å². The summed E-state index contributed by atoms with van der Waals surface area (Å²) in [4.78, 5) is 10.8. The summed E-state index contributed by atoms with van der Waals surface area (Å²) in [6.45, 7) is 4.60. The monoisotopic (exact) mass is 163 g/mol. The molecule has 2 unspecified atom stereocenters. The minimum atomic E-state index is -1.36. The molecule has 11 heavy (non-hydrogen) atoms. The molecule has 0 amide bonds. The first-order valence-corrected chi connectivity index (χ1v) is 3.55. The first kappa shape index (κ1) is 10.4. The van der Waals surface area contributed by atoms with Crippen molar-refractivity contribution in [2.45, 2.75) is 39.1 Å². The van der Waals surface area contributed by atoms with Crippen LogP contribution in [0.5, 0.6) is 0 Å². The molecule has 0 saturated carbocycles. The fraction of sp³-hybridized carbons (Fsp3) is 0.857. The Bertz CT molecular complexity index is 136. The lowest BCUT2D eigenvalue weighted by molar-refractivity contribution is -0.150. The van der Waals surface area contributed by atoms with Crippen molar-refractivity contribution in [1.29, 1.82) is 0 Å². The molecule has 0 aliphatic heterocycles. The minimum absolute atomic E-state index is 0.243. The number of rotatable bonds is 3. The van der Waals surface area contributed by atoms with Crippen molar-refractivity contribution in [1.82, 2.24) is 0 Å². The standard InChI is InChI=1S/C7H14FNO2/c1-4(2)11-7(10)6(9)5(3)8/h4-6H,9H2,1-3H3. The van der Waals surface area contributed by atoms with Gasteiger partial charge in [0.2, 0.25) is 0 Å². The number of carbonyl (C=O) groups is 1. The molecule has 0 bridgehead atoms. The van der Waals surface area contributed by atoms with E-state index in [9.17, 15) is 9.18 Å². The predicted molar refractivity (Wildman–Crippen MR) is 39.8 cm³/mol. The highest BCUT2D eigenvalue weighted by molar-refractivity contribution is 5.76. The van der Waals surface area contributed by atoms with E-state index >= 15 is 0 Å². The Morgan fingerprint density at radius 3 is 2.18 bits per heavy atom. The van der Waals surface area contributed by atoms with Crippen LogP contribution in [0.15, 0.2) is 0 Å². The van der Waals surface area contributed by atoms with Gasteiger partial charge in [-0.15, -0.1) is 0 Å². The maximum Gasteiger partial charge on any atom is 0.326 e. The third kappa shape index (κ3) is 3.93. The first-order chi connectivity index (χ1) is 4.95. The zero-order valence-corrected chi connectivity index (χ0v) is 7.00. The highest BCUT2D eigenvalue weighted by Crippen LogP contribution is 1.99. The van der Waals surface area contributed by atoms with E-state index in [1.165, 1.54) is 6.92 Å². The molecule has 0 aromatic heterocycles. The number of nitrogens with two attached hydrogens (primary N) is 1. The van der Waals surface area contributed by atoms with Gasteiger partial charge in [0.25, 0.3) is 0 Å². The molecule has 66 valence electrons. The second-order valence-electron chi connectivity index (χ2n) is 2.69. The fourth-order valence-corrected chi connectivity index (χ4v) is 0.498. The summed E-state index contributed by atoms with van der Waals surface area (Å²) in [7, 11) is 0. The van der Waals surface area contributed by atoms with Crippen LogP contribution >= 0.6 is 0 Å². The Kier molecular flexibility index (Phi) is 4.03. The van der Waals surface area contributed by atoms with Gasteiger partial charge in [0.1, 0.15) is 12.2 Å². The number of ether oxygens (including phenoxy) is 1. The summed E-state index contributed by atoms with van der Waals surface area (Å²) >= 11 is 0. The SMILES string of the molecule is CC(C)OC(=O)C(N)C(C)F. The van der Waals surface area contributed by atoms with Gasteiger partial charge in [0.05, 0.1) is 6.10 Å². The van der Waals surface area contributed by atoms with Crippen molar-refractivity contribution < 1.29 is 13.9 Å². The Labute approximate surface area is 65.7 Å². The molecule has 4 heteroatoms. The van der Waals surface area contributed by atoms with Gasteiger partial charge in [-0.3, -0.25) is 4.79 Å². The zero-order valence-electron chi connectivity index (χ0n) is 7.00. The number of esters is 1. The normalized spacial score (nSPS) is 16.2. The molecule has 0 fully saturated rings. The summed E-state index contributed by atoms with van der Waals surface area (Å²) < 4.78 is 17.0. The van der Waals surface area contributed by atoms with E-state index in [-0.39, 0.29) is 6.10 Å². The summed E-state index contributed by atoms with van der Waals surface area (Å²) in [6, 6.07) is -1.16.